The normalized spacial score (nSPS) is 9.83. The maximum Gasteiger partial charge on any atom is 0.127 e. The Kier molecular flexibility index (Phi) is 2.70. The van der Waals surface area contributed by atoms with Crippen LogP contribution >= 0.6 is 12.2 Å². The van der Waals surface area contributed by atoms with E-state index in [4.69, 9.17) is 5.73 Å². The number of hydrogen-bond acceptors (Lipinski definition) is 1. The van der Waals surface area contributed by atoms with Gasteiger partial charge in [0.1, 0.15) is 11.6 Å². The second-order valence-electron chi connectivity index (χ2n) is 2.38. The Bertz CT molecular complexity index is 312. The Morgan fingerprint density at radius 1 is 1.42 bits per heavy atom. The minimum Gasteiger partial charge on any atom is -0.393 e. The van der Waals surface area contributed by atoms with Gasteiger partial charge >= 0.3 is 0 Å². The lowest BCUT2D eigenvalue weighted by Crippen LogP contribution is -2.12. The van der Waals surface area contributed by atoms with Crippen molar-refractivity contribution < 1.29 is 8.78 Å². The fraction of sp³-hybridized carbons (Fsp3) is 0.125. The highest BCUT2D eigenvalue weighted by atomic mass is 32.1. The van der Waals surface area contributed by atoms with Crippen LogP contribution in [0.2, 0.25) is 0 Å². The van der Waals surface area contributed by atoms with Gasteiger partial charge in [-0.15, -0.1) is 0 Å². The molecule has 1 rings (SSSR count). The molecular weight excluding hydrogens is 180 g/mol. The number of hydrogen-bond donors (Lipinski definition) is 1. The van der Waals surface area contributed by atoms with E-state index in [1.807, 2.05) is 0 Å². The molecule has 0 aromatic heterocycles. The molecule has 0 atom stereocenters. The van der Waals surface area contributed by atoms with Crippen LogP contribution in [0.15, 0.2) is 18.2 Å². The van der Waals surface area contributed by atoms with Gasteiger partial charge in [0.05, 0.1) is 4.99 Å². The number of rotatable bonds is 2. The SMILES string of the molecule is NC(=S)Cc1cc(F)ccc1F. The molecule has 0 spiro atoms. The second-order valence-corrected chi connectivity index (χ2v) is 2.90. The second kappa shape index (κ2) is 3.58. The number of benzene rings is 1. The molecule has 0 saturated carbocycles. The molecule has 0 aliphatic carbocycles. The van der Waals surface area contributed by atoms with Gasteiger partial charge in [-0.3, -0.25) is 0 Å². The summed E-state index contributed by atoms with van der Waals surface area (Å²) in [5.74, 6) is -0.966. The Morgan fingerprint density at radius 2 is 2.08 bits per heavy atom. The van der Waals surface area contributed by atoms with E-state index in [-0.39, 0.29) is 17.0 Å². The summed E-state index contributed by atoms with van der Waals surface area (Å²) in [5.41, 5.74) is 5.38. The van der Waals surface area contributed by atoms with Gasteiger partial charge in [-0.25, -0.2) is 8.78 Å². The summed E-state index contributed by atoms with van der Waals surface area (Å²) in [7, 11) is 0. The molecule has 0 amide bonds. The predicted octanol–water partition coefficient (Wildman–Crippen LogP) is 1.79. The number of halogens is 2. The van der Waals surface area contributed by atoms with Crippen LogP contribution in [-0.2, 0) is 6.42 Å². The van der Waals surface area contributed by atoms with E-state index >= 15 is 0 Å². The first-order valence-corrected chi connectivity index (χ1v) is 3.72. The van der Waals surface area contributed by atoms with Gasteiger partial charge in [-0.2, -0.15) is 0 Å². The van der Waals surface area contributed by atoms with E-state index in [2.05, 4.69) is 12.2 Å². The van der Waals surface area contributed by atoms with Crippen LogP contribution in [0.1, 0.15) is 5.56 Å². The Morgan fingerprint density at radius 3 is 2.67 bits per heavy atom. The van der Waals surface area contributed by atoms with Crippen molar-refractivity contribution in [1.82, 2.24) is 0 Å². The van der Waals surface area contributed by atoms with Crippen molar-refractivity contribution in [3.63, 3.8) is 0 Å². The maximum atomic E-state index is 12.8. The van der Waals surface area contributed by atoms with Gasteiger partial charge in [0.25, 0.3) is 0 Å². The highest BCUT2D eigenvalue weighted by Crippen LogP contribution is 2.09. The van der Waals surface area contributed by atoms with E-state index in [1.54, 1.807) is 0 Å². The lowest BCUT2D eigenvalue weighted by atomic mass is 10.1. The van der Waals surface area contributed by atoms with Gasteiger partial charge in [-0.1, -0.05) is 12.2 Å². The Labute approximate surface area is 74.2 Å². The van der Waals surface area contributed by atoms with Gasteiger partial charge in [0, 0.05) is 6.42 Å². The van der Waals surface area contributed by atoms with E-state index in [0.29, 0.717) is 0 Å². The standard InChI is InChI=1S/C8H7F2NS/c9-6-1-2-7(10)5(3-6)4-8(11)12/h1-3H,4H2,(H2,11,12). The number of thiocarbonyl (C=S) groups is 1. The first kappa shape index (κ1) is 9.06. The van der Waals surface area contributed by atoms with E-state index in [1.165, 1.54) is 0 Å². The van der Waals surface area contributed by atoms with Crippen molar-refractivity contribution >= 4 is 17.2 Å². The van der Waals surface area contributed by atoms with Gasteiger partial charge in [0.15, 0.2) is 0 Å². The zero-order chi connectivity index (χ0) is 9.14. The average molecular weight is 187 g/mol. The first-order chi connectivity index (χ1) is 5.59. The molecule has 64 valence electrons. The molecule has 0 bridgehead atoms. The van der Waals surface area contributed by atoms with E-state index < -0.39 is 11.6 Å². The van der Waals surface area contributed by atoms with Crippen LogP contribution in [0, 0.1) is 11.6 Å². The lowest BCUT2D eigenvalue weighted by molar-refractivity contribution is 0.590. The molecule has 1 aromatic carbocycles. The molecular formula is C8H7F2NS. The summed E-state index contributed by atoms with van der Waals surface area (Å²) >= 11 is 4.57. The van der Waals surface area contributed by atoms with E-state index in [0.717, 1.165) is 18.2 Å². The predicted molar refractivity (Wildman–Crippen MR) is 46.8 cm³/mol. The molecule has 2 N–H and O–H groups in total. The highest BCUT2D eigenvalue weighted by Gasteiger charge is 2.04. The van der Waals surface area contributed by atoms with Gasteiger partial charge in [-0.05, 0) is 23.8 Å². The highest BCUT2D eigenvalue weighted by molar-refractivity contribution is 7.80. The van der Waals surface area contributed by atoms with Crippen molar-refractivity contribution in [3.05, 3.63) is 35.4 Å². The third kappa shape index (κ3) is 2.23. The molecule has 12 heavy (non-hydrogen) atoms. The minimum absolute atomic E-state index is 0.0962. The van der Waals surface area contributed by atoms with Crippen molar-refractivity contribution in [2.45, 2.75) is 6.42 Å². The number of nitrogens with two attached hydrogens (primary N) is 1. The average Bonchev–Trinajstić information content (AvgIpc) is 1.96. The zero-order valence-electron chi connectivity index (χ0n) is 6.18. The molecule has 0 saturated heterocycles. The van der Waals surface area contributed by atoms with Crippen molar-refractivity contribution in [2.24, 2.45) is 5.73 Å². The summed E-state index contributed by atoms with van der Waals surface area (Å²) in [5, 5.41) is 0. The smallest absolute Gasteiger partial charge is 0.127 e. The van der Waals surface area contributed by atoms with Crippen molar-refractivity contribution in [1.29, 1.82) is 0 Å². The van der Waals surface area contributed by atoms with Crippen LogP contribution in [0.5, 0.6) is 0 Å². The van der Waals surface area contributed by atoms with Crippen LogP contribution in [-0.4, -0.2) is 4.99 Å². The Balaban J connectivity index is 2.97. The van der Waals surface area contributed by atoms with Crippen molar-refractivity contribution in [3.8, 4) is 0 Å². The van der Waals surface area contributed by atoms with Gasteiger partial charge < -0.3 is 5.73 Å². The van der Waals surface area contributed by atoms with Crippen molar-refractivity contribution in [2.75, 3.05) is 0 Å². The molecule has 1 aromatic rings. The molecule has 0 radical (unpaired) electrons. The van der Waals surface area contributed by atoms with Crippen LogP contribution in [0.3, 0.4) is 0 Å². The molecule has 0 unspecified atom stereocenters. The fourth-order valence-corrected chi connectivity index (χ4v) is 1.02. The molecule has 1 nitrogen and oxygen atoms in total. The first-order valence-electron chi connectivity index (χ1n) is 3.32. The third-order valence-electron chi connectivity index (χ3n) is 1.37. The van der Waals surface area contributed by atoms with Gasteiger partial charge in [0.2, 0.25) is 0 Å². The largest absolute Gasteiger partial charge is 0.393 e. The quantitative estimate of drug-likeness (QED) is 0.714. The van der Waals surface area contributed by atoms with E-state index in [9.17, 15) is 8.78 Å². The molecule has 0 aliphatic heterocycles. The van der Waals surface area contributed by atoms with Crippen LogP contribution < -0.4 is 5.73 Å². The summed E-state index contributed by atoms with van der Waals surface area (Å²) < 4.78 is 25.4. The van der Waals surface area contributed by atoms with Crippen LogP contribution in [0.25, 0.3) is 0 Å². The summed E-state index contributed by atoms with van der Waals surface area (Å²) in [6.45, 7) is 0. The summed E-state index contributed by atoms with van der Waals surface area (Å²) in [6, 6.07) is 3.20. The molecule has 0 fully saturated rings. The summed E-state index contributed by atoms with van der Waals surface area (Å²) in [6.07, 6.45) is 0.0962. The zero-order valence-corrected chi connectivity index (χ0v) is 7.00. The third-order valence-corrected chi connectivity index (χ3v) is 1.52. The Hall–Kier alpha value is -1.03. The molecule has 0 heterocycles. The molecule has 4 heteroatoms. The fourth-order valence-electron chi connectivity index (χ4n) is 0.866. The maximum absolute atomic E-state index is 12.8. The minimum atomic E-state index is -0.484. The van der Waals surface area contributed by atoms with Crippen LogP contribution in [0.4, 0.5) is 8.78 Å². The topological polar surface area (TPSA) is 26.0 Å². The molecule has 0 aliphatic rings. The monoisotopic (exact) mass is 187 g/mol. The lowest BCUT2D eigenvalue weighted by Gasteiger charge is -2.00. The summed E-state index contributed by atoms with van der Waals surface area (Å²) in [4.78, 5) is 0.152.